The Hall–Kier alpha value is -8.74. The van der Waals surface area contributed by atoms with Crippen molar-refractivity contribution in [1.82, 2.24) is 19.9 Å². The summed E-state index contributed by atoms with van der Waals surface area (Å²) in [5.74, 6) is 0. The molecule has 0 bridgehead atoms. The summed E-state index contributed by atoms with van der Waals surface area (Å²) >= 11 is 0. The number of nitrogens with one attached hydrogen (secondary N) is 2. The van der Waals surface area contributed by atoms with Crippen LogP contribution in [0, 0.1) is 0 Å². The molecule has 0 saturated heterocycles. The number of hydrogen-bond donors (Lipinski definition) is 2. The zero-order valence-electron chi connectivity index (χ0n) is 34.4. The van der Waals surface area contributed by atoms with Gasteiger partial charge in [-0.3, -0.25) is 9.97 Å². The number of rotatable bonds is 6. The highest BCUT2D eigenvalue weighted by molar-refractivity contribution is 6.36. The van der Waals surface area contributed by atoms with Gasteiger partial charge in [-0.1, -0.05) is 121 Å². The maximum absolute atomic E-state index is 5.26. The van der Waals surface area contributed by atoms with E-state index >= 15 is 0 Å². The van der Waals surface area contributed by atoms with Gasteiger partial charge in [0.15, 0.2) is 0 Å². The lowest BCUT2D eigenvalue weighted by atomic mass is 9.91. The Morgan fingerprint density at radius 1 is 0.281 bits per heavy atom. The molecular weight excluding hydrogens is 781 g/mol. The molecule has 14 aromatic rings. The number of para-hydroxylation sites is 2. The van der Waals surface area contributed by atoms with Gasteiger partial charge in [0, 0.05) is 44.6 Å². The molecule has 0 atom stereocenters. The van der Waals surface area contributed by atoms with Crippen LogP contribution in [0.4, 0.5) is 34.1 Å². The summed E-state index contributed by atoms with van der Waals surface area (Å²) in [4.78, 5) is 22.7. The standard InChI is InChI=1S/C58H36N6/c1-3-15-41(16-4-1)63(43-23-19-35-11-7-9-13-37(35)27-43)45-31-51-57(59-33-45)55-47-25-21-40-30-50-56(48-26-22-39(29-49(55)61-51)53(47)54(40)48)58-52(62-50)32-46(34-60-58)64(42-17-5-2-6-18-42)44-24-20-36-12-8-10-14-38(36)28-44/h1-34,61-62H. The van der Waals surface area contributed by atoms with Gasteiger partial charge in [-0.25, -0.2) is 0 Å². The van der Waals surface area contributed by atoms with Crippen molar-refractivity contribution in [3.8, 4) is 0 Å². The van der Waals surface area contributed by atoms with Crippen molar-refractivity contribution in [3.05, 3.63) is 207 Å². The second kappa shape index (κ2) is 13.4. The van der Waals surface area contributed by atoms with Gasteiger partial charge in [0.25, 0.3) is 0 Å². The molecule has 0 aliphatic carbocycles. The zero-order chi connectivity index (χ0) is 41.9. The van der Waals surface area contributed by atoms with E-state index < -0.39 is 0 Å². The molecule has 4 aromatic heterocycles. The molecule has 0 aliphatic rings. The lowest BCUT2D eigenvalue weighted by molar-refractivity contribution is 1.26. The fourth-order valence-corrected chi connectivity index (χ4v) is 10.4. The lowest BCUT2D eigenvalue weighted by Crippen LogP contribution is -2.10. The molecule has 0 spiro atoms. The summed E-state index contributed by atoms with van der Waals surface area (Å²) < 4.78 is 0. The van der Waals surface area contributed by atoms with E-state index in [1.54, 1.807) is 0 Å². The minimum atomic E-state index is 0.962. The van der Waals surface area contributed by atoms with Crippen molar-refractivity contribution < 1.29 is 0 Å². The SMILES string of the molecule is c1ccc(N(c2ccc3ccccc3c2)c2cnc3c(c2)[nH]c2cc4ccc5c6c(cc7ccc(c23)c4c75)[nH]c2cc(N(c3ccccc3)c3ccc4ccccc4c3)cnc26)cc1. The topological polar surface area (TPSA) is 63.8 Å². The molecule has 64 heavy (non-hydrogen) atoms. The van der Waals surface area contributed by atoms with Crippen LogP contribution in [0.15, 0.2) is 207 Å². The van der Waals surface area contributed by atoms with Gasteiger partial charge in [-0.2, -0.15) is 0 Å². The Morgan fingerprint density at radius 2 is 0.688 bits per heavy atom. The Bertz CT molecular complexity index is 3880. The van der Waals surface area contributed by atoms with Gasteiger partial charge in [0.1, 0.15) is 0 Å². The summed E-state index contributed by atoms with van der Waals surface area (Å²) in [5.41, 5.74) is 12.4. The molecule has 4 heterocycles. The Morgan fingerprint density at radius 3 is 1.14 bits per heavy atom. The third kappa shape index (κ3) is 5.20. The second-order valence-electron chi connectivity index (χ2n) is 16.9. The van der Waals surface area contributed by atoms with Crippen LogP contribution in [-0.4, -0.2) is 19.9 Å². The average Bonchev–Trinajstić information content (AvgIpc) is 3.91. The van der Waals surface area contributed by atoms with Crippen molar-refractivity contribution >= 4 is 132 Å². The largest absolute Gasteiger partial charge is 0.353 e. The van der Waals surface area contributed by atoms with Gasteiger partial charge in [-0.05, 0) is 127 Å². The molecule has 0 amide bonds. The predicted molar refractivity (Wildman–Crippen MR) is 269 cm³/mol. The first-order chi connectivity index (χ1) is 31.7. The average molecular weight is 817 g/mol. The molecule has 0 aliphatic heterocycles. The van der Waals surface area contributed by atoms with Crippen LogP contribution >= 0.6 is 0 Å². The van der Waals surface area contributed by atoms with E-state index in [4.69, 9.17) is 9.97 Å². The van der Waals surface area contributed by atoms with Gasteiger partial charge < -0.3 is 19.8 Å². The van der Waals surface area contributed by atoms with Crippen LogP contribution < -0.4 is 9.80 Å². The molecule has 6 nitrogen and oxygen atoms in total. The number of hydrogen-bond acceptors (Lipinski definition) is 4. The molecule has 0 unspecified atom stereocenters. The van der Waals surface area contributed by atoms with E-state index in [-0.39, 0.29) is 0 Å². The van der Waals surface area contributed by atoms with Crippen molar-refractivity contribution in [1.29, 1.82) is 0 Å². The minimum absolute atomic E-state index is 0.962. The van der Waals surface area contributed by atoms with Gasteiger partial charge >= 0.3 is 0 Å². The maximum Gasteiger partial charge on any atom is 0.0965 e. The van der Waals surface area contributed by atoms with Crippen molar-refractivity contribution in [2.45, 2.75) is 0 Å². The monoisotopic (exact) mass is 816 g/mol. The molecule has 6 heteroatoms. The molecule has 10 aromatic carbocycles. The smallest absolute Gasteiger partial charge is 0.0965 e. The van der Waals surface area contributed by atoms with E-state index in [2.05, 4.69) is 214 Å². The molecule has 0 fully saturated rings. The number of H-pyrrole nitrogens is 2. The quantitative estimate of drug-likeness (QED) is 0.164. The van der Waals surface area contributed by atoms with Crippen LogP contribution in [0.1, 0.15) is 0 Å². The van der Waals surface area contributed by atoms with E-state index in [1.165, 1.54) is 53.9 Å². The van der Waals surface area contributed by atoms with Crippen LogP contribution in [0.3, 0.4) is 0 Å². The van der Waals surface area contributed by atoms with E-state index in [1.807, 2.05) is 12.4 Å². The first-order valence-electron chi connectivity index (χ1n) is 21.7. The fourth-order valence-electron chi connectivity index (χ4n) is 10.4. The predicted octanol–water partition coefficient (Wildman–Crippen LogP) is 15.9. The first-order valence-corrected chi connectivity index (χ1v) is 21.7. The van der Waals surface area contributed by atoms with Crippen LogP contribution in [0.5, 0.6) is 0 Å². The van der Waals surface area contributed by atoms with Crippen LogP contribution in [0.2, 0.25) is 0 Å². The number of benzene rings is 10. The molecule has 298 valence electrons. The number of pyridine rings is 2. The Balaban J connectivity index is 0.929. The number of aromatic amines is 2. The Kier molecular flexibility index (Phi) is 7.30. The van der Waals surface area contributed by atoms with Crippen molar-refractivity contribution in [2.75, 3.05) is 9.80 Å². The molecule has 2 N–H and O–H groups in total. The number of aromatic nitrogens is 4. The number of nitrogens with zero attached hydrogens (tertiary/aromatic N) is 4. The van der Waals surface area contributed by atoms with E-state index in [0.29, 0.717) is 0 Å². The van der Waals surface area contributed by atoms with Gasteiger partial charge in [0.05, 0.1) is 45.8 Å². The zero-order valence-corrected chi connectivity index (χ0v) is 34.4. The highest BCUT2D eigenvalue weighted by Crippen LogP contribution is 2.46. The summed E-state index contributed by atoms with van der Waals surface area (Å²) in [6, 6.07) is 69.6. The number of anilines is 6. The second-order valence-corrected chi connectivity index (χ2v) is 16.9. The van der Waals surface area contributed by atoms with Crippen LogP contribution in [-0.2, 0) is 0 Å². The Labute approximate surface area is 366 Å². The summed E-state index contributed by atoms with van der Waals surface area (Å²) in [7, 11) is 0. The van der Waals surface area contributed by atoms with E-state index in [9.17, 15) is 0 Å². The first kappa shape index (κ1) is 34.9. The molecular formula is C58H36N6. The normalized spacial score (nSPS) is 12.1. The van der Waals surface area contributed by atoms with Crippen molar-refractivity contribution in [2.24, 2.45) is 0 Å². The summed E-state index contributed by atoms with van der Waals surface area (Å²) in [6.07, 6.45) is 4.04. The minimum Gasteiger partial charge on any atom is -0.353 e. The summed E-state index contributed by atoms with van der Waals surface area (Å²) in [6.45, 7) is 0. The third-order valence-electron chi connectivity index (χ3n) is 13.2. The molecule has 0 radical (unpaired) electrons. The summed E-state index contributed by atoms with van der Waals surface area (Å²) in [5, 5.41) is 14.4. The number of fused-ring (bicyclic) bond motifs is 10. The fraction of sp³-hybridized carbons (Fsp3) is 0. The highest BCUT2D eigenvalue weighted by Gasteiger charge is 2.22. The molecule has 0 saturated carbocycles. The van der Waals surface area contributed by atoms with E-state index in [0.717, 1.165) is 78.0 Å². The lowest BCUT2D eigenvalue weighted by Gasteiger charge is -2.25. The van der Waals surface area contributed by atoms with Crippen molar-refractivity contribution in [3.63, 3.8) is 0 Å². The molecule has 14 rings (SSSR count). The maximum atomic E-state index is 5.26. The third-order valence-corrected chi connectivity index (χ3v) is 13.2. The van der Waals surface area contributed by atoms with Gasteiger partial charge in [-0.15, -0.1) is 0 Å². The van der Waals surface area contributed by atoms with Crippen LogP contribution in [0.25, 0.3) is 97.7 Å². The van der Waals surface area contributed by atoms with Gasteiger partial charge in [0.2, 0.25) is 0 Å². The highest BCUT2D eigenvalue weighted by atomic mass is 15.2.